The zero-order valence-corrected chi connectivity index (χ0v) is 12.5. The van der Waals surface area contributed by atoms with Gasteiger partial charge in [0.2, 0.25) is 5.91 Å². The normalized spacial score (nSPS) is 19.8. The number of amides is 1. The molecule has 1 aromatic rings. The first-order valence-electron chi connectivity index (χ1n) is 7.79. The van der Waals surface area contributed by atoms with E-state index in [1.165, 1.54) is 22.4 Å². The molecule has 0 saturated carbocycles. The van der Waals surface area contributed by atoms with E-state index in [9.17, 15) is 4.79 Å². The van der Waals surface area contributed by atoms with Crippen molar-refractivity contribution in [1.29, 1.82) is 0 Å². The molecule has 1 amide bonds. The largest absolute Gasteiger partial charge is 0.317 e. The van der Waals surface area contributed by atoms with Crippen LogP contribution in [0, 0.1) is 19.8 Å². The number of benzene rings is 1. The van der Waals surface area contributed by atoms with Crippen LogP contribution >= 0.6 is 0 Å². The second-order valence-corrected chi connectivity index (χ2v) is 6.20. The molecule has 1 saturated heterocycles. The molecule has 1 aromatic carbocycles. The Balaban J connectivity index is 1.91. The molecule has 0 bridgehead atoms. The van der Waals surface area contributed by atoms with Crippen molar-refractivity contribution in [1.82, 2.24) is 5.32 Å². The average molecular weight is 272 g/mol. The van der Waals surface area contributed by atoms with Crippen molar-refractivity contribution < 1.29 is 4.79 Å². The minimum atomic E-state index is 0.211. The molecule has 0 atom stereocenters. The molecule has 2 aliphatic heterocycles. The molecule has 0 radical (unpaired) electrons. The van der Waals surface area contributed by atoms with Crippen LogP contribution < -0.4 is 10.2 Å². The molecule has 1 fully saturated rings. The van der Waals surface area contributed by atoms with E-state index in [2.05, 4.69) is 36.2 Å². The van der Waals surface area contributed by atoms with Gasteiger partial charge in [-0.25, -0.2) is 0 Å². The Morgan fingerprint density at radius 3 is 2.75 bits per heavy atom. The van der Waals surface area contributed by atoms with Crippen LogP contribution in [-0.4, -0.2) is 25.5 Å². The molecule has 0 unspecified atom stereocenters. The number of nitrogens with one attached hydrogen (secondary N) is 1. The quantitative estimate of drug-likeness (QED) is 0.852. The Morgan fingerprint density at radius 1 is 1.25 bits per heavy atom. The molecule has 3 nitrogen and oxygen atoms in total. The van der Waals surface area contributed by atoms with Crippen LogP contribution in [-0.2, 0) is 11.2 Å². The topological polar surface area (TPSA) is 32.3 Å². The van der Waals surface area contributed by atoms with Crippen molar-refractivity contribution in [2.45, 2.75) is 39.5 Å². The number of carbonyl (C=O) groups is 1. The number of aryl methyl sites for hydroxylation is 2. The van der Waals surface area contributed by atoms with E-state index >= 15 is 0 Å². The average Bonchev–Trinajstić information content (AvgIpc) is 2.47. The molecule has 2 aliphatic rings. The standard InChI is InChI=1S/C17H24N2O/c1-12-10-13(2)15-4-3-9-19(16(15)11-12)17(20)14-5-7-18-8-6-14/h10-11,14,18H,3-9H2,1-2H3. The third-order valence-electron chi connectivity index (χ3n) is 4.65. The van der Waals surface area contributed by atoms with E-state index < -0.39 is 0 Å². The van der Waals surface area contributed by atoms with Gasteiger partial charge in [0.25, 0.3) is 0 Å². The number of anilines is 1. The van der Waals surface area contributed by atoms with Crippen molar-refractivity contribution in [3.63, 3.8) is 0 Å². The van der Waals surface area contributed by atoms with Crippen molar-refractivity contribution in [3.8, 4) is 0 Å². The van der Waals surface area contributed by atoms with Crippen LogP contribution in [0.25, 0.3) is 0 Å². The Hall–Kier alpha value is -1.35. The SMILES string of the molecule is Cc1cc(C)c2c(c1)N(C(=O)C1CCNCC1)CCC2. The number of hydrogen-bond donors (Lipinski definition) is 1. The highest BCUT2D eigenvalue weighted by atomic mass is 16.2. The molecule has 20 heavy (non-hydrogen) atoms. The number of fused-ring (bicyclic) bond motifs is 1. The van der Waals surface area contributed by atoms with Gasteiger partial charge in [-0.05, 0) is 75.4 Å². The van der Waals surface area contributed by atoms with E-state index in [4.69, 9.17) is 0 Å². The third kappa shape index (κ3) is 2.47. The Kier molecular flexibility index (Phi) is 3.79. The van der Waals surface area contributed by atoms with Crippen LogP contribution in [0.5, 0.6) is 0 Å². The molecule has 0 aliphatic carbocycles. The summed E-state index contributed by atoms with van der Waals surface area (Å²) in [6.07, 6.45) is 4.16. The summed E-state index contributed by atoms with van der Waals surface area (Å²) < 4.78 is 0. The maximum Gasteiger partial charge on any atom is 0.230 e. The van der Waals surface area contributed by atoms with Crippen LogP contribution in [0.15, 0.2) is 12.1 Å². The van der Waals surface area contributed by atoms with Gasteiger partial charge in [-0.1, -0.05) is 6.07 Å². The van der Waals surface area contributed by atoms with Crippen molar-refractivity contribution in [2.75, 3.05) is 24.5 Å². The molecular weight excluding hydrogens is 248 g/mol. The van der Waals surface area contributed by atoms with Crippen molar-refractivity contribution in [2.24, 2.45) is 5.92 Å². The van der Waals surface area contributed by atoms with E-state index in [0.717, 1.165) is 45.3 Å². The first-order chi connectivity index (χ1) is 9.66. The van der Waals surface area contributed by atoms with E-state index in [1.54, 1.807) is 0 Å². The summed E-state index contributed by atoms with van der Waals surface area (Å²) in [7, 11) is 0. The predicted octanol–water partition coefficient (Wildman–Crippen LogP) is 2.58. The number of nitrogens with zero attached hydrogens (tertiary/aromatic N) is 1. The van der Waals surface area contributed by atoms with Gasteiger partial charge >= 0.3 is 0 Å². The fraction of sp³-hybridized carbons (Fsp3) is 0.588. The highest BCUT2D eigenvalue weighted by Gasteiger charge is 2.30. The van der Waals surface area contributed by atoms with E-state index in [1.807, 2.05) is 0 Å². The minimum Gasteiger partial charge on any atom is -0.317 e. The molecule has 0 aromatic heterocycles. The van der Waals surface area contributed by atoms with Crippen LogP contribution in [0.4, 0.5) is 5.69 Å². The molecule has 3 rings (SSSR count). The van der Waals surface area contributed by atoms with Crippen molar-refractivity contribution >= 4 is 11.6 Å². The third-order valence-corrected chi connectivity index (χ3v) is 4.65. The predicted molar refractivity (Wildman–Crippen MR) is 82.2 cm³/mol. The summed E-state index contributed by atoms with van der Waals surface area (Å²) in [4.78, 5) is 14.9. The first-order valence-corrected chi connectivity index (χ1v) is 7.79. The van der Waals surface area contributed by atoms with Gasteiger partial charge in [0.15, 0.2) is 0 Å². The van der Waals surface area contributed by atoms with Gasteiger partial charge in [0, 0.05) is 18.2 Å². The summed E-state index contributed by atoms with van der Waals surface area (Å²) in [5.41, 5.74) is 5.15. The molecular formula is C17H24N2O. The zero-order chi connectivity index (χ0) is 14.1. The second-order valence-electron chi connectivity index (χ2n) is 6.20. The zero-order valence-electron chi connectivity index (χ0n) is 12.5. The highest BCUT2D eigenvalue weighted by molar-refractivity contribution is 5.96. The molecule has 2 heterocycles. The van der Waals surface area contributed by atoms with Crippen LogP contribution in [0.2, 0.25) is 0 Å². The highest BCUT2D eigenvalue weighted by Crippen LogP contribution is 2.33. The van der Waals surface area contributed by atoms with E-state index in [-0.39, 0.29) is 5.92 Å². The summed E-state index contributed by atoms with van der Waals surface area (Å²) in [6.45, 7) is 7.13. The van der Waals surface area contributed by atoms with Crippen molar-refractivity contribution in [3.05, 3.63) is 28.8 Å². The summed E-state index contributed by atoms with van der Waals surface area (Å²) >= 11 is 0. The van der Waals surface area contributed by atoms with E-state index in [0.29, 0.717) is 5.91 Å². The minimum absolute atomic E-state index is 0.211. The lowest BCUT2D eigenvalue weighted by Crippen LogP contribution is -2.43. The molecule has 3 heteroatoms. The first kappa shape index (κ1) is 13.6. The number of piperidine rings is 1. The summed E-state index contributed by atoms with van der Waals surface area (Å²) in [5.74, 6) is 0.556. The fourth-order valence-electron chi connectivity index (χ4n) is 3.59. The van der Waals surface area contributed by atoms with Gasteiger partial charge in [0.1, 0.15) is 0 Å². The van der Waals surface area contributed by atoms with Gasteiger partial charge in [-0.2, -0.15) is 0 Å². The maximum atomic E-state index is 12.8. The Morgan fingerprint density at radius 2 is 2.00 bits per heavy atom. The maximum absolute atomic E-state index is 12.8. The number of carbonyl (C=O) groups excluding carboxylic acids is 1. The smallest absolute Gasteiger partial charge is 0.230 e. The van der Waals surface area contributed by atoms with Gasteiger partial charge in [-0.3, -0.25) is 4.79 Å². The van der Waals surface area contributed by atoms with Crippen LogP contribution in [0.3, 0.4) is 0 Å². The molecule has 1 N–H and O–H groups in total. The van der Waals surface area contributed by atoms with Gasteiger partial charge in [-0.15, -0.1) is 0 Å². The number of hydrogen-bond acceptors (Lipinski definition) is 2. The molecule has 108 valence electrons. The molecule has 0 spiro atoms. The summed E-state index contributed by atoms with van der Waals surface area (Å²) in [5, 5.41) is 3.34. The lowest BCUT2D eigenvalue weighted by molar-refractivity contribution is -0.123. The van der Waals surface area contributed by atoms with Crippen LogP contribution in [0.1, 0.15) is 36.0 Å². The Labute approximate surface area is 121 Å². The monoisotopic (exact) mass is 272 g/mol. The van der Waals surface area contributed by atoms with Gasteiger partial charge in [0.05, 0.1) is 0 Å². The Bertz CT molecular complexity index is 518. The summed E-state index contributed by atoms with van der Waals surface area (Å²) in [6, 6.07) is 4.43. The fourth-order valence-corrected chi connectivity index (χ4v) is 3.59. The second kappa shape index (κ2) is 5.57. The number of rotatable bonds is 1. The lowest BCUT2D eigenvalue weighted by atomic mass is 9.91. The van der Waals surface area contributed by atoms with Gasteiger partial charge < -0.3 is 10.2 Å². The lowest BCUT2D eigenvalue weighted by Gasteiger charge is -2.34.